The van der Waals surface area contributed by atoms with Crippen molar-refractivity contribution in [3.05, 3.63) is 44.2 Å². The predicted octanol–water partition coefficient (Wildman–Crippen LogP) is 5.36. The Labute approximate surface area is 153 Å². The molecule has 1 aromatic carbocycles. The number of carbonyl (C=O) groups excluding carboxylic acids is 2. The largest absolute Gasteiger partial charge is 0.465 e. The van der Waals surface area contributed by atoms with Crippen molar-refractivity contribution < 1.29 is 14.3 Å². The van der Waals surface area contributed by atoms with E-state index in [-0.39, 0.29) is 0 Å². The fraction of sp³-hybridized carbons (Fsp3) is 0.250. The molecule has 2 aromatic rings. The Kier molecular flexibility index (Phi) is 6.10. The first-order valence-electron chi connectivity index (χ1n) is 7.11. The van der Waals surface area contributed by atoms with E-state index in [1.54, 1.807) is 18.2 Å². The van der Waals surface area contributed by atoms with Gasteiger partial charge in [-0.15, -0.1) is 11.3 Å². The van der Waals surface area contributed by atoms with Crippen LogP contribution in [0.25, 0.3) is 0 Å². The lowest BCUT2D eigenvalue weighted by atomic mass is 10.1. The van der Waals surface area contributed by atoms with Gasteiger partial charge in [0.2, 0.25) is 0 Å². The molecule has 1 aromatic heterocycles. The molecule has 0 radical (unpaired) electrons. The lowest BCUT2D eigenvalue weighted by Crippen LogP contribution is -2.20. The highest BCUT2D eigenvalue weighted by molar-refractivity contribution is 7.16. The number of methoxy groups -OCH3 is 1. The van der Waals surface area contributed by atoms with Crippen molar-refractivity contribution in [3.8, 4) is 0 Å². The van der Waals surface area contributed by atoms with Crippen LogP contribution in [0.2, 0.25) is 10.0 Å². The first kappa shape index (κ1) is 18.6. The number of carbonyl (C=O) groups is 2. The lowest BCUT2D eigenvalue weighted by Gasteiger charge is -2.09. The molecule has 2 rings (SSSR count). The minimum Gasteiger partial charge on any atom is -0.465 e. The normalized spacial score (nSPS) is 10.4. The summed E-state index contributed by atoms with van der Waals surface area (Å²) in [6.07, 6.45) is 0.670. The second kappa shape index (κ2) is 7.88. The summed E-state index contributed by atoms with van der Waals surface area (Å²) in [6, 6.07) is 4.28. The average molecular weight is 387 g/mol. The van der Waals surface area contributed by atoms with Gasteiger partial charge < -0.3 is 10.1 Å². The quantitative estimate of drug-likeness (QED) is 0.695. The van der Waals surface area contributed by atoms with Crippen LogP contribution >= 0.6 is 34.5 Å². The number of amides is 2. The van der Waals surface area contributed by atoms with Crippen LogP contribution in [0.4, 0.5) is 15.5 Å². The monoisotopic (exact) mass is 386 g/mol. The van der Waals surface area contributed by atoms with Crippen LogP contribution in [0.5, 0.6) is 0 Å². The number of rotatable bonds is 4. The van der Waals surface area contributed by atoms with Gasteiger partial charge in [-0.3, -0.25) is 5.32 Å². The Morgan fingerprint density at radius 1 is 1.21 bits per heavy atom. The first-order valence-corrected chi connectivity index (χ1v) is 8.68. The van der Waals surface area contributed by atoms with Gasteiger partial charge in [-0.1, -0.05) is 30.1 Å². The summed E-state index contributed by atoms with van der Waals surface area (Å²) in [5.41, 5.74) is 1.76. The molecule has 0 atom stereocenters. The number of anilines is 2. The van der Waals surface area contributed by atoms with Gasteiger partial charge in [0, 0.05) is 10.6 Å². The van der Waals surface area contributed by atoms with E-state index in [2.05, 4.69) is 10.6 Å². The highest BCUT2D eigenvalue weighted by Gasteiger charge is 2.23. The maximum atomic E-state index is 12.2. The predicted molar refractivity (Wildman–Crippen MR) is 98.9 cm³/mol. The zero-order chi connectivity index (χ0) is 17.9. The number of urea groups is 1. The summed E-state index contributed by atoms with van der Waals surface area (Å²) >= 11 is 13.1. The van der Waals surface area contributed by atoms with E-state index in [1.807, 2.05) is 13.8 Å². The van der Waals surface area contributed by atoms with Crippen LogP contribution in [-0.2, 0) is 11.2 Å². The van der Waals surface area contributed by atoms with Crippen molar-refractivity contribution in [2.75, 3.05) is 17.7 Å². The van der Waals surface area contributed by atoms with Gasteiger partial charge in [-0.05, 0) is 37.1 Å². The van der Waals surface area contributed by atoms with Crippen LogP contribution < -0.4 is 10.6 Å². The summed E-state index contributed by atoms with van der Waals surface area (Å²) in [5.74, 6) is -0.471. The molecule has 5 nitrogen and oxygen atoms in total. The fourth-order valence-corrected chi connectivity index (χ4v) is 3.68. The summed E-state index contributed by atoms with van der Waals surface area (Å²) in [4.78, 5) is 25.2. The third-order valence-electron chi connectivity index (χ3n) is 3.36. The van der Waals surface area contributed by atoms with E-state index >= 15 is 0 Å². The van der Waals surface area contributed by atoms with Crippen molar-refractivity contribution in [3.63, 3.8) is 0 Å². The molecule has 128 valence electrons. The van der Waals surface area contributed by atoms with Crippen molar-refractivity contribution in [1.82, 2.24) is 0 Å². The van der Waals surface area contributed by atoms with Crippen molar-refractivity contribution in [2.45, 2.75) is 20.3 Å². The van der Waals surface area contributed by atoms with Gasteiger partial charge in [0.05, 0.1) is 22.7 Å². The number of nitrogens with one attached hydrogen (secondary N) is 2. The Bertz CT molecular complexity index is 790. The van der Waals surface area contributed by atoms with Crippen molar-refractivity contribution in [2.24, 2.45) is 0 Å². The topological polar surface area (TPSA) is 67.4 Å². The second-order valence-electron chi connectivity index (χ2n) is 4.89. The number of halogens is 2. The van der Waals surface area contributed by atoms with E-state index in [0.29, 0.717) is 32.7 Å². The van der Waals surface area contributed by atoms with Crippen molar-refractivity contribution >= 4 is 57.2 Å². The summed E-state index contributed by atoms with van der Waals surface area (Å²) < 4.78 is 4.83. The molecule has 0 unspecified atom stereocenters. The molecule has 0 fully saturated rings. The van der Waals surface area contributed by atoms with Gasteiger partial charge in [0.1, 0.15) is 5.00 Å². The maximum Gasteiger partial charge on any atom is 0.341 e. The number of benzene rings is 1. The molecule has 2 N–H and O–H groups in total. The minimum absolute atomic E-state index is 0.338. The van der Waals surface area contributed by atoms with Crippen LogP contribution in [0, 0.1) is 6.92 Å². The molecule has 2 amide bonds. The Morgan fingerprint density at radius 2 is 1.92 bits per heavy atom. The number of thiophene rings is 1. The molecule has 0 spiro atoms. The number of aryl methyl sites for hydroxylation is 1. The molecule has 0 aliphatic carbocycles. The third-order valence-corrected chi connectivity index (χ3v) is 5.16. The van der Waals surface area contributed by atoms with Gasteiger partial charge in [0.25, 0.3) is 0 Å². The van der Waals surface area contributed by atoms with Crippen LogP contribution in [-0.4, -0.2) is 19.1 Å². The number of hydrogen-bond donors (Lipinski definition) is 2. The second-order valence-corrected chi connectivity index (χ2v) is 6.93. The Morgan fingerprint density at radius 3 is 2.50 bits per heavy atom. The Balaban J connectivity index is 2.22. The zero-order valence-electron chi connectivity index (χ0n) is 13.3. The van der Waals surface area contributed by atoms with Gasteiger partial charge >= 0.3 is 12.0 Å². The highest BCUT2D eigenvalue weighted by Crippen LogP contribution is 2.34. The summed E-state index contributed by atoms with van der Waals surface area (Å²) in [6.45, 7) is 3.85. The SMILES string of the molecule is CCc1c(C)sc(NC(=O)Nc2ccc(Cl)c(Cl)c2)c1C(=O)OC. The Hall–Kier alpha value is -1.76. The smallest absolute Gasteiger partial charge is 0.341 e. The standard InChI is InChI=1S/C16H16Cl2N2O3S/c1-4-10-8(2)24-14(13(10)15(21)23-3)20-16(22)19-9-5-6-11(17)12(18)7-9/h5-7H,4H2,1-3H3,(H2,19,20,22). The molecular formula is C16H16Cl2N2O3S. The molecular weight excluding hydrogens is 371 g/mol. The molecule has 8 heteroatoms. The number of hydrogen-bond acceptors (Lipinski definition) is 4. The number of esters is 1. The molecule has 24 heavy (non-hydrogen) atoms. The number of ether oxygens (including phenoxy) is 1. The van der Waals surface area contributed by atoms with Crippen LogP contribution in [0.3, 0.4) is 0 Å². The molecule has 0 aliphatic rings. The average Bonchev–Trinajstić information content (AvgIpc) is 2.85. The van der Waals surface area contributed by atoms with E-state index in [1.165, 1.54) is 18.4 Å². The van der Waals surface area contributed by atoms with E-state index in [4.69, 9.17) is 27.9 Å². The minimum atomic E-state index is -0.484. The van der Waals surface area contributed by atoms with Crippen LogP contribution in [0.1, 0.15) is 27.7 Å². The van der Waals surface area contributed by atoms with Gasteiger partial charge in [0.15, 0.2) is 0 Å². The van der Waals surface area contributed by atoms with Gasteiger partial charge in [-0.2, -0.15) is 0 Å². The zero-order valence-corrected chi connectivity index (χ0v) is 15.7. The molecule has 0 bridgehead atoms. The van der Waals surface area contributed by atoms with Gasteiger partial charge in [-0.25, -0.2) is 9.59 Å². The molecule has 0 aliphatic heterocycles. The van der Waals surface area contributed by atoms with Crippen molar-refractivity contribution in [1.29, 1.82) is 0 Å². The van der Waals surface area contributed by atoms with E-state index in [0.717, 1.165) is 10.4 Å². The van der Waals surface area contributed by atoms with E-state index in [9.17, 15) is 9.59 Å². The highest BCUT2D eigenvalue weighted by atomic mass is 35.5. The molecule has 0 saturated heterocycles. The van der Waals surface area contributed by atoms with E-state index < -0.39 is 12.0 Å². The molecule has 1 heterocycles. The van der Waals surface area contributed by atoms with Crippen LogP contribution in [0.15, 0.2) is 18.2 Å². The first-order chi connectivity index (χ1) is 11.4. The summed E-state index contributed by atoms with van der Waals surface area (Å²) in [5, 5.41) is 6.54. The third kappa shape index (κ3) is 4.01. The summed E-state index contributed by atoms with van der Waals surface area (Å²) in [7, 11) is 1.31. The fourth-order valence-electron chi connectivity index (χ4n) is 2.25. The molecule has 0 saturated carbocycles. The lowest BCUT2D eigenvalue weighted by molar-refractivity contribution is 0.0601. The maximum absolute atomic E-state index is 12.2.